The van der Waals surface area contributed by atoms with Gasteiger partial charge in [-0.25, -0.2) is 4.74 Å². The topological polar surface area (TPSA) is 26.1 Å². The van der Waals surface area contributed by atoms with E-state index in [1.54, 1.807) is 6.21 Å². The van der Waals surface area contributed by atoms with Crippen molar-refractivity contribution in [1.29, 1.82) is 0 Å². The van der Waals surface area contributed by atoms with E-state index in [9.17, 15) is 5.21 Å². The van der Waals surface area contributed by atoms with Crippen LogP contribution in [0.2, 0.25) is 0 Å². The van der Waals surface area contributed by atoms with E-state index in [1.807, 2.05) is 13.8 Å². The van der Waals surface area contributed by atoms with E-state index in [-0.39, 0.29) is 0 Å². The monoisotopic (exact) mass is 115 g/mol. The van der Waals surface area contributed by atoms with Crippen LogP contribution in [0.3, 0.4) is 0 Å². The summed E-state index contributed by atoms with van der Waals surface area (Å²) in [5.41, 5.74) is 0. The van der Waals surface area contributed by atoms with Gasteiger partial charge >= 0.3 is 0 Å². The van der Waals surface area contributed by atoms with Crippen molar-refractivity contribution in [2.24, 2.45) is 0 Å². The molecule has 0 aliphatic rings. The van der Waals surface area contributed by atoms with Crippen LogP contribution in [0.4, 0.5) is 0 Å². The second kappa shape index (κ2) is 4.62. The van der Waals surface area contributed by atoms with Crippen LogP contribution in [0.15, 0.2) is 0 Å². The molecule has 8 heavy (non-hydrogen) atoms. The molecule has 2 heteroatoms. The van der Waals surface area contributed by atoms with Crippen LogP contribution in [0.5, 0.6) is 0 Å². The van der Waals surface area contributed by atoms with Gasteiger partial charge < -0.3 is 5.21 Å². The molecule has 2 nitrogen and oxygen atoms in total. The van der Waals surface area contributed by atoms with Crippen molar-refractivity contribution in [2.75, 3.05) is 6.54 Å². The van der Waals surface area contributed by atoms with Crippen molar-refractivity contribution >= 4 is 6.21 Å². The predicted molar refractivity (Wildman–Crippen MR) is 35.1 cm³/mol. The van der Waals surface area contributed by atoms with Crippen LogP contribution in [0.25, 0.3) is 0 Å². The molecule has 0 unspecified atom stereocenters. The van der Waals surface area contributed by atoms with Gasteiger partial charge in [0, 0.05) is 12.8 Å². The van der Waals surface area contributed by atoms with Gasteiger partial charge in [0.2, 0.25) is 0 Å². The van der Waals surface area contributed by atoms with Gasteiger partial charge in [0.1, 0.15) is 0 Å². The summed E-state index contributed by atoms with van der Waals surface area (Å²) in [6.45, 7) is 4.59. The second-order valence-corrected chi connectivity index (χ2v) is 1.73. The number of hydrogen-bond donors (Lipinski definition) is 0. The van der Waals surface area contributed by atoms with Gasteiger partial charge in [-0.3, -0.25) is 0 Å². The maximum absolute atomic E-state index is 10.5. The summed E-state index contributed by atoms with van der Waals surface area (Å²) in [6, 6.07) is 0. The third-order valence-electron chi connectivity index (χ3n) is 0.830. The molecule has 0 bridgehead atoms. The molecule has 0 aromatic rings. The molecule has 0 saturated heterocycles. The molecule has 0 spiro atoms. The Bertz CT molecular complexity index is 78.6. The Morgan fingerprint density at radius 3 is 2.50 bits per heavy atom. The Hall–Kier alpha value is -0.530. The molecule has 0 heterocycles. The zero-order chi connectivity index (χ0) is 6.41. The summed E-state index contributed by atoms with van der Waals surface area (Å²) in [6.07, 6.45) is 3.42. The number of nitrogens with zero attached hydrogens (tertiary/aromatic N) is 1. The highest BCUT2D eigenvalue weighted by molar-refractivity contribution is 5.50. The lowest BCUT2D eigenvalue weighted by Crippen LogP contribution is -2.04. The van der Waals surface area contributed by atoms with E-state index in [4.69, 9.17) is 0 Å². The molecule has 0 N–H and O–H groups in total. The van der Waals surface area contributed by atoms with Crippen molar-refractivity contribution < 1.29 is 4.74 Å². The average molecular weight is 115 g/mol. The molecule has 0 atom stereocenters. The van der Waals surface area contributed by atoms with Crippen molar-refractivity contribution in [3.63, 3.8) is 0 Å². The fraction of sp³-hybridized carbons (Fsp3) is 0.833. The largest absolute Gasteiger partial charge is 0.624 e. The zero-order valence-electron chi connectivity index (χ0n) is 5.55. The minimum Gasteiger partial charge on any atom is -0.624 e. The molecule has 0 aromatic carbocycles. The van der Waals surface area contributed by atoms with Crippen molar-refractivity contribution in [3.05, 3.63) is 5.21 Å². The first-order valence-electron chi connectivity index (χ1n) is 3.08. The smallest absolute Gasteiger partial charge is 0.152 e. The summed E-state index contributed by atoms with van der Waals surface area (Å²) < 4.78 is 0.986. The fourth-order valence-electron chi connectivity index (χ4n) is 0.515. The number of hydrogen-bond acceptors (Lipinski definition) is 1. The Morgan fingerprint density at radius 1 is 1.50 bits per heavy atom. The second-order valence-electron chi connectivity index (χ2n) is 1.73. The lowest BCUT2D eigenvalue weighted by Gasteiger charge is -1.98. The first-order chi connectivity index (χ1) is 3.81. The normalized spacial score (nSPS) is 12.0. The van der Waals surface area contributed by atoms with E-state index in [1.165, 1.54) is 0 Å². The first kappa shape index (κ1) is 7.47. The van der Waals surface area contributed by atoms with Crippen LogP contribution < -0.4 is 0 Å². The third-order valence-corrected chi connectivity index (χ3v) is 0.830. The minimum absolute atomic E-state index is 0.633. The summed E-state index contributed by atoms with van der Waals surface area (Å²) in [4.78, 5) is 0. The maximum Gasteiger partial charge on any atom is 0.152 e. The molecule has 0 aliphatic carbocycles. The molecular formula is C6H13NO. The molecule has 48 valence electrons. The van der Waals surface area contributed by atoms with E-state index < -0.39 is 0 Å². The van der Waals surface area contributed by atoms with Gasteiger partial charge in [0.05, 0.1) is 0 Å². The van der Waals surface area contributed by atoms with Gasteiger partial charge in [-0.1, -0.05) is 13.8 Å². The summed E-state index contributed by atoms with van der Waals surface area (Å²) in [7, 11) is 0. The minimum atomic E-state index is 0.633. The van der Waals surface area contributed by atoms with E-state index in [2.05, 4.69) is 0 Å². The van der Waals surface area contributed by atoms with Gasteiger partial charge in [-0.15, -0.1) is 0 Å². The number of rotatable bonds is 3. The van der Waals surface area contributed by atoms with Gasteiger partial charge in [0.15, 0.2) is 12.8 Å². The molecule has 0 rings (SSSR count). The SMILES string of the molecule is CCC=[N+]([O-])CCC. The van der Waals surface area contributed by atoms with Crippen molar-refractivity contribution in [3.8, 4) is 0 Å². The Balaban J connectivity index is 3.29. The van der Waals surface area contributed by atoms with Gasteiger partial charge in [-0.2, -0.15) is 0 Å². The van der Waals surface area contributed by atoms with Crippen molar-refractivity contribution in [1.82, 2.24) is 0 Å². The highest BCUT2D eigenvalue weighted by Crippen LogP contribution is 1.77. The first-order valence-corrected chi connectivity index (χ1v) is 3.08. The lowest BCUT2D eigenvalue weighted by atomic mass is 10.5. The van der Waals surface area contributed by atoms with Crippen LogP contribution in [-0.4, -0.2) is 17.5 Å². The van der Waals surface area contributed by atoms with Gasteiger partial charge in [0.25, 0.3) is 0 Å². The fourth-order valence-corrected chi connectivity index (χ4v) is 0.515. The van der Waals surface area contributed by atoms with Gasteiger partial charge in [-0.05, 0) is 0 Å². The van der Waals surface area contributed by atoms with Crippen LogP contribution in [0.1, 0.15) is 26.7 Å². The molecule has 0 aromatic heterocycles. The van der Waals surface area contributed by atoms with Crippen LogP contribution in [0, 0.1) is 5.21 Å². The lowest BCUT2D eigenvalue weighted by molar-refractivity contribution is -0.453. The molecular weight excluding hydrogens is 102 g/mol. The van der Waals surface area contributed by atoms with Crippen molar-refractivity contribution in [2.45, 2.75) is 26.7 Å². The Kier molecular flexibility index (Phi) is 4.32. The molecule has 0 aliphatic heterocycles. The molecule has 0 radical (unpaired) electrons. The average Bonchev–Trinajstić information content (AvgIpc) is 1.68. The third kappa shape index (κ3) is 3.65. The Morgan fingerprint density at radius 2 is 2.12 bits per heavy atom. The van der Waals surface area contributed by atoms with E-state index in [0.717, 1.165) is 17.6 Å². The molecule has 0 saturated carbocycles. The molecule has 0 fully saturated rings. The maximum atomic E-state index is 10.5. The molecule has 0 amide bonds. The van der Waals surface area contributed by atoms with E-state index in [0.29, 0.717) is 6.54 Å². The summed E-state index contributed by atoms with van der Waals surface area (Å²) in [5.74, 6) is 0. The Labute approximate surface area is 50.4 Å². The zero-order valence-corrected chi connectivity index (χ0v) is 5.55. The summed E-state index contributed by atoms with van der Waals surface area (Å²) in [5, 5.41) is 10.5. The standard InChI is InChI=1S/C6H13NO/c1-3-5-7(8)6-4-2/h5H,3-4,6H2,1-2H3. The summed E-state index contributed by atoms with van der Waals surface area (Å²) >= 11 is 0. The van der Waals surface area contributed by atoms with Crippen LogP contribution >= 0.6 is 0 Å². The highest BCUT2D eigenvalue weighted by Gasteiger charge is 1.84. The van der Waals surface area contributed by atoms with Crippen LogP contribution in [-0.2, 0) is 0 Å². The predicted octanol–water partition coefficient (Wildman–Crippen LogP) is 1.39. The van der Waals surface area contributed by atoms with E-state index >= 15 is 0 Å². The highest BCUT2D eigenvalue weighted by atomic mass is 16.5. The number of hydroxylamine groups is 1. The quantitative estimate of drug-likeness (QED) is 0.236.